The number of pyridine rings is 1. The second-order valence-corrected chi connectivity index (χ2v) is 11.5. The lowest BCUT2D eigenvalue weighted by Gasteiger charge is -2.41. The van der Waals surface area contributed by atoms with Crippen LogP contribution in [0, 0.1) is 0 Å². The van der Waals surface area contributed by atoms with Crippen LogP contribution in [0.5, 0.6) is 11.5 Å². The molecule has 0 aliphatic carbocycles. The molecule has 0 radical (unpaired) electrons. The number of ether oxygens (including phenoxy) is 2. The molecule has 1 aromatic heterocycles. The van der Waals surface area contributed by atoms with Gasteiger partial charge in [0.05, 0.1) is 25.8 Å². The van der Waals surface area contributed by atoms with Crippen molar-refractivity contribution in [1.29, 1.82) is 0 Å². The van der Waals surface area contributed by atoms with E-state index in [0.717, 1.165) is 12.1 Å². The number of aliphatic hydroxyl groups excluding tert-OH is 1. The number of imide groups is 1. The van der Waals surface area contributed by atoms with E-state index >= 15 is 0 Å². The van der Waals surface area contributed by atoms with Crippen LogP contribution in [0.15, 0.2) is 42.7 Å². The Morgan fingerprint density at radius 1 is 1.26 bits per heavy atom. The Bertz CT molecular complexity index is 1150. The lowest BCUT2D eigenvalue weighted by molar-refractivity contribution is -0.116. The number of aromatic nitrogens is 1. The molecular weight excluding hydrogens is 510 g/mol. The average molecular weight is 532 g/mol. The van der Waals surface area contributed by atoms with E-state index in [1.165, 1.54) is 37.7 Å². The number of benzene rings is 1. The molecule has 14 nitrogen and oxygen atoms in total. The number of amides is 2. The lowest BCUT2D eigenvalue weighted by Crippen LogP contribution is -2.38. The SMILES string of the molecule is COc1ccc(OC(=O)N(C=O)CCO)c(C2OP(=O)(O)C(O)(Cc3cccnc3)P(=O)(O)O2)c1. The number of hydrogen-bond donors (Lipinski definition) is 4. The predicted molar refractivity (Wildman–Crippen MR) is 116 cm³/mol. The Hall–Kier alpha value is -2.67. The maximum Gasteiger partial charge on any atom is 0.421 e. The second-order valence-electron chi connectivity index (χ2n) is 7.19. The average Bonchev–Trinajstić information content (AvgIpc) is 2.81. The molecule has 35 heavy (non-hydrogen) atoms. The fourth-order valence-corrected chi connectivity index (χ4v) is 6.64. The van der Waals surface area contributed by atoms with Gasteiger partial charge >= 0.3 is 21.3 Å². The lowest BCUT2D eigenvalue weighted by atomic mass is 10.2. The fraction of sp³-hybridized carbons (Fsp3) is 0.316. The molecule has 1 saturated heterocycles. The van der Waals surface area contributed by atoms with Crippen LogP contribution < -0.4 is 9.47 Å². The molecule has 0 bridgehead atoms. The molecule has 1 fully saturated rings. The van der Waals surface area contributed by atoms with Crippen molar-refractivity contribution in [2.75, 3.05) is 20.3 Å². The third kappa shape index (κ3) is 5.45. The zero-order valence-corrected chi connectivity index (χ0v) is 20.0. The van der Waals surface area contributed by atoms with Crippen molar-refractivity contribution in [2.45, 2.75) is 17.8 Å². The van der Waals surface area contributed by atoms with E-state index in [0.29, 0.717) is 4.90 Å². The van der Waals surface area contributed by atoms with Crippen molar-refractivity contribution in [2.24, 2.45) is 0 Å². The van der Waals surface area contributed by atoms with E-state index in [-0.39, 0.29) is 35.6 Å². The second kappa shape index (κ2) is 10.5. The first-order valence-electron chi connectivity index (χ1n) is 9.84. The fourth-order valence-electron chi connectivity index (χ4n) is 3.08. The summed E-state index contributed by atoms with van der Waals surface area (Å²) in [6.07, 6.45) is -1.39. The van der Waals surface area contributed by atoms with Gasteiger partial charge in [-0.3, -0.25) is 28.0 Å². The van der Waals surface area contributed by atoms with Crippen LogP contribution in [0.1, 0.15) is 17.4 Å². The Kier molecular flexibility index (Phi) is 8.10. The summed E-state index contributed by atoms with van der Waals surface area (Å²) in [7, 11) is -9.36. The van der Waals surface area contributed by atoms with E-state index in [1.807, 2.05) is 0 Å². The molecule has 16 heteroatoms. The standard InChI is InChI=1S/C19H22N2O12P2/c1-30-14-4-5-16(31-18(24)21(12-23)7-8-22)15(9-14)17-32-34(26,27)19(25,35(28,29)33-17)10-13-3-2-6-20-11-13/h2-6,9,11-12,17,22,25H,7-8,10H2,1H3,(H,26,27)(H,28,29). The first-order chi connectivity index (χ1) is 16.5. The van der Waals surface area contributed by atoms with Crippen molar-refractivity contribution in [1.82, 2.24) is 9.88 Å². The maximum absolute atomic E-state index is 13.0. The molecule has 1 aromatic carbocycles. The van der Waals surface area contributed by atoms with Crippen LogP contribution in [0.25, 0.3) is 0 Å². The van der Waals surface area contributed by atoms with Gasteiger partial charge in [-0.2, -0.15) is 0 Å². The van der Waals surface area contributed by atoms with Gasteiger partial charge in [0, 0.05) is 18.8 Å². The summed E-state index contributed by atoms with van der Waals surface area (Å²) in [6, 6.07) is 6.47. The minimum Gasteiger partial charge on any atom is -0.497 e. The topological polar surface area (TPSA) is 202 Å². The van der Waals surface area contributed by atoms with Gasteiger partial charge in [0.15, 0.2) is 0 Å². The van der Waals surface area contributed by atoms with Crippen LogP contribution in [0.2, 0.25) is 0 Å². The number of hydrogen-bond acceptors (Lipinski definition) is 11. The minimum absolute atomic E-state index is 0.109. The van der Waals surface area contributed by atoms with Gasteiger partial charge in [-0.15, -0.1) is 0 Å². The molecule has 0 spiro atoms. The highest BCUT2D eigenvalue weighted by atomic mass is 31.2. The van der Waals surface area contributed by atoms with Crippen molar-refractivity contribution >= 4 is 27.7 Å². The Morgan fingerprint density at radius 2 is 1.94 bits per heavy atom. The number of aliphatic hydroxyl groups is 2. The predicted octanol–water partition coefficient (Wildman–Crippen LogP) is 1.34. The van der Waals surface area contributed by atoms with Crippen LogP contribution in [-0.2, 0) is 29.4 Å². The smallest absolute Gasteiger partial charge is 0.421 e. The molecule has 2 aromatic rings. The van der Waals surface area contributed by atoms with Gasteiger partial charge in [-0.25, -0.2) is 9.69 Å². The minimum atomic E-state index is -5.32. The van der Waals surface area contributed by atoms with Crippen LogP contribution >= 0.6 is 15.2 Å². The van der Waals surface area contributed by atoms with Crippen molar-refractivity contribution < 1.29 is 57.2 Å². The summed E-state index contributed by atoms with van der Waals surface area (Å²) < 4.78 is 46.4. The number of carbonyl (C=O) groups is 2. The summed E-state index contributed by atoms with van der Waals surface area (Å²) in [5, 5.41) is 16.6. The van der Waals surface area contributed by atoms with Crippen LogP contribution in [0.4, 0.5) is 4.79 Å². The number of nitrogens with zero attached hydrogens (tertiary/aromatic N) is 2. The van der Waals surface area contributed by atoms with Crippen molar-refractivity contribution in [3.63, 3.8) is 0 Å². The summed E-state index contributed by atoms with van der Waals surface area (Å²) in [5.74, 6) is -0.269. The summed E-state index contributed by atoms with van der Waals surface area (Å²) in [5.41, 5.74) is -0.183. The van der Waals surface area contributed by atoms with Crippen molar-refractivity contribution in [3.05, 3.63) is 53.9 Å². The Labute approximate surface area is 198 Å². The largest absolute Gasteiger partial charge is 0.497 e. The highest BCUT2D eigenvalue weighted by Gasteiger charge is 2.67. The molecule has 2 amide bonds. The van der Waals surface area contributed by atoms with E-state index in [1.54, 1.807) is 0 Å². The highest BCUT2D eigenvalue weighted by molar-refractivity contribution is 7.73. The summed E-state index contributed by atoms with van der Waals surface area (Å²) >= 11 is 0. The van der Waals surface area contributed by atoms with E-state index in [9.17, 15) is 33.6 Å². The van der Waals surface area contributed by atoms with Gasteiger partial charge < -0.3 is 29.5 Å². The van der Waals surface area contributed by atoms with E-state index in [4.69, 9.17) is 23.6 Å². The molecule has 2 heterocycles. The molecule has 4 N–H and O–H groups in total. The highest BCUT2D eigenvalue weighted by Crippen LogP contribution is 2.79. The normalized spacial score (nSPS) is 28.2. The third-order valence-corrected chi connectivity index (χ3v) is 9.51. The molecule has 2 unspecified atom stereocenters. The summed E-state index contributed by atoms with van der Waals surface area (Å²) in [6.45, 7) is -0.932. The molecular formula is C19H22N2O12P2. The number of carbonyl (C=O) groups excluding carboxylic acids is 2. The monoisotopic (exact) mass is 532 g/mol. The number of rotatable bonds is 8. The molecule has 1 aliphatic rings. The van der Waals surface area contributed by atoms with Gasteiger partial charge in [-0.1, -0.05) is 6.07 Å². The number of methoxy groups -OCH3 is 1. The van der Waals surface area contributed by atoms with Crippen molar-refractivity contribution in [3.8, 4) is 11.5 Å². The van der Waals surface area contributed by atoms with Gasteiger partial charge in [0.2, 0.25) is 12.7 Å². The van der Waals surface area contributed by atoms with Crippen LogP contribution in [0.3, 0.4) is 0 Å². The first kappa shape index (κ1) is 26.9. The first-order valence-corrected chi connectivity index (χ1v) is 13.0. The quantitative estimate of drug-likeness (QED) is 0.280. The van der Waals surface area contributed by atoms with E-state index < -0.39 is 45.7 Å². The van der Waals surface area contributed by atoms with Gasteiger partial charge in [-0.05, 0) is 29.8 Å². The Balaban J connectivity index is 1.99. The molecule has 0 saturated carbocycles. The Morgan fingerprint density at radius 3 is 2.49 bits per heavy atom. The molecule has 3 rings (SSSR count). The zero-order chi connectivity index (χ0) is 25.9. The zero-order valence-electron chi connectivity index (χ0n) is 18.2. The molecule has 2 atom stereocenters. The molecule has 190 valence electrons. The summed E-state index contributed by atoms with van der Waals surface area (Å²) in [4.78, 5) is 48.7. The van der Waals surface area contributed by atoms with Gasteiger partial charge in [0.1, 0.15) is 11.5 Å². The van der Waals surface area contributed by atoms with E-state index in [2.05, 4.69) is 4.98 Å². The van der Waals surface area contributed by atoms with Gasteiger partial charge in [0.25, 0.3) is 5.08 Å². The third-order valence-electron chi connectivity index (χ3n) is 4.92. The molecule has 1 aliphatic heterocycles. The van der Waals surface area contributed by atoms with Crippen LogP contribution in [-0.4, -0.2) is 67.7 Å². The maximum atomic E-state index is 13.0.